The second kappa shape index (κ2) is 3.21. The lowest BCUT2D eigenvalue weighted by Crippen LogP contribution is -2.11. The molecule has 2 N–H and O–H groups in total. The van der Waals surface area contributed by atoms with Crippen molar-refractivity contribution in [3.05, 3.63) is 28.0 Å². The molecule has 1 aromatic rings. The minimum Gasteiger partial charge on any atom is -0.505 e. The van der Waals surface area contributed by atoms with E-state index < -0.39 is 11.4 Å². The Morgan fingerprint density at radius 1 is 1.43 bits per heavy atom. The third-order valence-electron chi connectivity index (χ3n) is 2.51. The van der Waals surface area contributed by atoms with Gasteiger partial charge in [-0.25, -0.2) is 4.39 Å². The molecule has 1 saturated carbocycles. The molecule has 2 nitrogen and oxygen atoms in total. The normalized spacial score (nSPS) is 18.2. The Hall–Kier alpha value is -0.610. The number of halogens is 2. The molecule has 0 bridgehead atoms. The highest BCUT2D eigenvalue weighted by atomic mass is 79.9. The number of hydrogen-bond acceptors (Lipinski definition) is 2. The maximum Gasteiger partial charge on any atom is 0.165 e. The minimum absolute atomic E-state index is 0.303. The molecule has 1 aliphatic rings. The van der Waals surface area contributed by atoms with Crippen LogP contribution in [0.5, 0.6) is 5.75 Å². The third-order valence-corrected chi connectivity index (χ3v) is 3.25. The fourth-order valence-corrected chi connectivity index (χ4v) is 1.86. The summed E-state index contributed by atoms with van der Waals surface area (Å²) in [5.74, 6) is -1.01. The average Bonchev–Trinajstić information content (AvgIpc) is 2.86. The first-order valence-corrected chi connectivity index (χ1v) is 5.19. The van der Waals surface area contributed by atoms with Crippen molar-refractivity contribution in [2.45, 2.75) is 24.9 Å². The number of rotatable bonds is 2. The summed E-state index contributed by atoms with van der Waals surface area (Å²) < 4.78 is 13.6. The van der Waals surface area contributed by atoms with Crippen LogP contribution in [0, 0.1) is 5.82 Å². The van der Waals surface area contributed by atoms with Gasteiger partial charge in [-0.2, -0.15) is 0 Å². The Balaban J connectivity index is 2.35. The SMILES string of the molecule is Oc1c(F)ccc(Br)c1CC1(O)CC1. The van der Waals surface area contributed by atoms with Gasteiger partial charge in [-0.15, -0.1) is 0 Å². The molecule has 2 rings (SSSR count). The molecule has 0 radical (unpaired) electrons. The second-order valence-electron chi connectivity index (χ2n) is 3.76. The van der Waals surface area contributed by atoms with Crippen molar-refractivity contribution < 1.29 is 14.6 Å². The van der Waals surface area contributed by atoms with Crippen molar-refractivity contribution in [3.63, 3.8) is 0 Å². The van der Waals surface area contributed by atoms with E-state index in [2.05, 4.69) is 15.9 Å². The van der Waals surface area contributed by atoms with Crippen LogP contribution in [0.2, 0.25) is 0 Å². The summed E-state index contributed by atoms with van der Waals surface area (Å²) in [4.78, 5) is 0. The molecule has 1 aliphatic carbocycles. The van der Waals surface area contributed by atoms with Gasteiger partial charge in [0.1, 0.15) is 0 Å². The zero-order valence-corrected chi connectivity index (χ0v) is 9.01. The highest BCUT2D eigenvalue weighted by Crippen LogP contribution is 2.42. The van der Waals surface area contributed by atoms with E-state index in [1.807, 2.05) is 0 Å². The van der Waals surface area contributed by atoms with Crippen LogP contribution < -0.4 is 0 Å². The Morgan fingerprint density at radius 2 is 2.07 bits per heavy atom. The van der Waals surface area contributed by atoms with Crippen LogP contribution in [0.4, 0.5) is 4.39 Å². The molecule has 0 atom stereocenters. The van der Waals surface area contributed by atoms with Gasteiger partial charge < -0.3 is 10.2 Å². The van der Waals surface area contributed by atoms with E-state index in [1.54, 1.807) is 0 Å². The molecule has 0 amide bonds. The van der Waals surface area contributed by atoms with Crippen LogP contribution in [-0.2, 0) is 6.42 Å². The summed E-state index contributed by atoms with van der Waals surface area (Å²) in [5.41, 5.74) is -0.279. The van der Waals surface area contributed by atoms with Crippen LogP contribution in [0.1, 0.15) is 18.4 Å². The highest BCUT2D eigenvalue weighted by molar-refractivity contribution is 9.10. The predicted molar refractivity (Wildman–Crippen MR) is 53.7 cm³/mol. The average molecular weight is 261 g/mol. The first-order valence-electron chi connectivity index (χ1n) is 4.40. The highest BCUT2D eigenvalue weighted by Gasteiger charge is 2.41. The fourth-order valence-electron chi connectivity index (χ4n) is 1.40. The Bertz CT molecular complexity index is 375. The molecule has 0 heterocycles. The number of aliphatic hydroxyl groups is 1. The van der Waals surface area contributed by atoms with E-state index in [-0.39, 0.29) is 5.75 Å². The topological polar surface area (TPSA) is 40.5 Å². The fraction of sp³-hybridized carbons (Fsp3) is 0.400. The van der Waals surface area contributed by atoms with Crippen molar-refractivity contribution in [3.8, 4) is 5.75 Å². The molecule has 4 heteroatoms. The predicted octanol–water partition coefficient (Wildman–Crippen LogP) is 2.36. The van der Waals surface area contributed by atoms with Crippen molar-refractivity contribution in [1.29, 1.82) is 0 Å². The summed E-state index contributed by atoms with van der Waals surface area (Å²) >= 11 is 3.22. The van der Waals surface area contributed by atoms with Crippen LogP contribution in [0.3, 0.4) is 0 Å². The second-order valence-corrected chi connectivity index (χ2v) is 4.61. The molecule has 1 fully saturated rings. The van der Waals surface area contributed by atoms with Crippen LogP contribution in [0.15, 0.2) is 16.6 Å². The zero-order valence-electron chi connectivity index (χ0n) is 7.43. The standard InChI is InChI=1S/C10H10BrFO2/c11-7-1-2-8(12)9(13)6(7)5-10(14)3-4-10/h1-2,13-14H,3-5H2. The quantitative estimate of drug-likeness (QED) is 0.857. The molecule has 14 heavy (non-hydrogen) atoms. The van der Waals surface area contributed by atoms with Crippen LogP contribution >= 0.6 is 15.9 Å². The van der Waals surface area contributed by atoms with Crippen molar-refractivity contribution >= 4 is 15.9 Å². The third kappa shape index (κ3) is 1.77. The number of hydrogen-bond donors (Lipinski definition) is 2. The first-order chi connectivity index (χ1) is 6.52. The molecule has 0 aliphatic heterocycles. The molecule has 0 spiro atoms. The summed E-state index contributed by atoms with van der Waals surface area (Å²) in [6.07, 6.45) is 1.74. The van der Waals surface area contributed by atoms with Gasteiger partial charge in [0.15, 0.2) is 11.6 Å². The number of aromatic hydroxyl groups is 1. The molecular weight excluding hydrogens is 251 g/mol. The van der Waals surface area contributed by atoms with Gasteiger partial charge in [-0.1, -0.05) is 15.9 Å². The summed E-state index contributed by atoms with van der Waals surface area (Å²) in [7, 11) is 0. The van der Waals surface area contributed by atoms with Gasteiger partial charge in [-0.05, 0) is 25.0 Å². The molecular formula is C10H10BrFO2. The van der Waals surface area contributed by atoms with Crippen molar-refractivity contribution in [1.82, 2.24) is 0 Å². The summed E-state index contributed by atoms with van der Waals surface area (Å²) in [5, 5.41) is 19.1. The van der Waals surface area contributed by atoms with Crippen molar-refractivity contribution in [2.75, 3.05) is 0 Å². The maximum absolute atomic E-state index is 13.0. The van der Waals surface area contributed by atoms with Gasteiger partial charge in [0.2, 0.25) is 0 Å². The molecule has 1 aromatic carbocycles. The summed E-state index contributed by atoms with van der Waals surface area (Å²) in [6, 6.07) is 2.73. The van der Waals surface area contributed by atoms with Gasteiger partial charge in [0.05, 0.1) is 5.60 Å². The first kappa shape index (κ1) is 9.93. The lowest BCUT2D eigenvalue weighted by atomic mass is 10.1. The number of phenolic OH excluding ortho intramolecular Hbond substituents is 1. The van der Waals surface area contributed by atoms with E-state index in [0.717, 1.165) is 12.8 Å². The van der Waals surface area contributed by atoms with E-state index in [4.69, 9.17) is 0 Å². The Kier molecular flexibility index (Phi) is 2.27. The molecule has 0 saturated heterocycles. The van der Waals surface area contributed by atoms with Gasteiger partial charge in [-0.3, -0.25) is 0 Å². The molecule has 76 valence electrons. The smallest absolute Gasteiger partial charge is 0.165 e. The number of benzene rings is 1. The van der Waals surface area contributed by atoms with Crippen LogP contribution in [-0.4, -0.2) is 15.8 Å². The van der Waals surface area contributed by atoms with Gasteiger partial charge in [0.25, 0.3) is 0 Å². The van der Waals surface area contributed by atoms with E-state index in [9.17, 15) is 14.6 Å². The van der Waals surface area contributed by atoms with Crippen LogP contribution in [0.25, 0.3) is 0 Å². The lowest BCUT2D eigenvalue weighted by Gasteiger charge is -2.11. The van der Waals surface area contributed by atoms with E-state index in [1.165, 1.54) is 12.1 Å². The lowest BCUT2D eigenvalue weighted by molar-refractivity contribution is 0.149. The zero-order chi connectivity index (χ0) is 10.3. The van der Waals surface area contributed by atoms with E-state index >= 15 is 0 Å². The largest absolute Gasteiger partial charge is 0.505 e. The molecule has 0 aromatic heterocycles. The Morgan fingerprint density at radius 3 is 2.64 bits per heavy atom. The van der Waals surface area contributed by atoms with E-state index in [0.29, 0.717) is 16.5 Å². The minimum atomic E-state index is -0.728. The van der Waals surface area contributed by atoms with Gasteiger partial charge in [0, 0.05) is 16.5 Å². The maximum atomic E-state index is 13.0. The molecule has 0 unspecified atom stereocenters. The number of phenols is 1. The monoisotopic (exact) mass is 260 g/mol. The Labute approximate surface area is 89.5 Å². The van der Waals surface area contributed by atoms with Crippen molar-refractivity contribution in [2.24, 2.45) is 0 Å². The summed E-state index contributed by atoms with van der Waals surface area (Å²) in [6.45, 7) is 0. The van der Waals surface area contributed by atoms with Gasteiger partial charge >= 0.3 is 0 Å².